The van der Waals surface area contributed by atoms with Crippen molar-refractivity contribution in [2.24, 2.45) is 5.92 Å². The predicted molar refractivity (Wildman–Crippen MR) is 58.5 cm³/mol. The second kappa shape index (κ2) is 5.29. The van der Waals surface area contributed by atoms with Gasteiger partial charge in [-0.3, -0.25) is 4.79 Å². The van der Waals surface area contributed by atoms with Crippen LogP contribution in [0.1, 0.15) is 18.1 Å². The van der Waals surface area contributed by atoms with Gasteiger partial charge in [0.25, 0.3) is 0 Å². The lowest BCUT2D eigenvalue weighted by Crippen LogP contribution is -2.16. The van der Waals surface area contributed by atoms with Crippen LogP contribution in [0.25, 0.3) is 0 Å². The first-order valence-electron chi connectivity index (χ1n) is 5.22. The molecule has 3 nitrogen and oxygen atoms in total. The van der Waals surface area contributed by atoms with Crippen LogP contribution in [0.3, 0.4) is 0 Å². The van der Waals surface area contributed by atoms with Gasteiger partial charge in [-0.1, -0.05) is 13.0 Å². The number of rotatable bonds is 4. The van der Waals surface area contributed by atoms with Crippen LogP contribution in [0.5, 0.6) is 5.75 Å². The van der Waals surface area contributed by atoms with Crippen molar-refractivity contribution in [3.8, 4) is 5.75 Å². The van der Waals surface area contributed by atoms with Gasteiger partial charge < -0.3 is 9.84 Å². The van der Waals surface area contributed by atoms with E-state index >= 15 is 0 Å². The van der Waals surface area contributed by atoms with Crippen LogP contribution in [0.2, 0.25) is 0 Å². The van der Waals surface area contributed by atoms with Gasteiger partial charge in [-0.25, -0.2) is 0 Å². The highest BCUT2D eigenvalue weighted by Gasteiger charge is 2.34. The molecule has 0 saturated heterocycles. The zero-order valence-electron chi connectivity index (χ0n) is 9.91. The number of methoxy groups -OCH3 is 1. The van der Waals surface area contributed by atoms with Gasteiger partial charge in [-0.15, -0.1) is 0 Å². The zero-order valence-corrected chi connectivity index (χ0v) is 9.91. The number of ether oxygens (including phenoxy) is 1. The molecule has 0 aliphatic rings. The van der Waals surface area contributed by atoms with E-state index in [0.29, 0.717) is 0 Å². The minimum atomic E-state index is -4.53. The van der Waals surface area contributed by atoms with E-state index in [9.17, 15) is 18.0 Å². The lowest BCUT2D eigenvalue weighted by Gasteiger charge is -2.15. The number of carbonyl (C=O) groups is 1. The zero-order chi connectivity index (χ0) is 13.9. The maximum absolute atomic E-state index is 12.8. The van der Waals surface area contributed by atoms with Gasteiger partial charge in [0.1, 0.15) is 5.75 Å². The third-order valence-electron chi connectivity index (χ3n) is 2.57. The van der Waals surface area contributed by atoms with E-state index in [4.69, 9.17) is 9.84 Å². The molecule has 1 rings (SSSR count). The van der Waals surface area contributed by atoms with Crippen LogP contribution in [0, 0.1) is 5.92 Å². The van der Waals surface area contributed by atoms with E-state index in [0.717, 1.165) is 6.07 Å². The van der Waals surface area contributed by atoms with Crippen molar-refractivity contribution >= 4 is 5.97 Å². The van der Waals surface area contributed by atoms with Crippen molar-refractivity contribution in [1.29, 1.82) is 0 Å². The van der Waals surface area contributed by atoms with Gasteiger partial charge in [0.15, 0.2) is 0 Å². The number of benzene rings is 1. The number of carboxylic acids is 1. The SMILES string of the molecule is COc1ccc(CC(C)C(=O)O)c(C(F)(F)F)c1. The number of halogens is 3. The Balaban J connectivity index is 3.14. The minimum Gasteiger partial charge on any atom is -0.497 e. The molecule has 1 aromatic rings. The third kappa shape index (κ3) is 3.38. The topological polar surface area (TPSA) is 46.5 Å². The second-order valence-electron chi connectivity index (χ2n) is 3.96. The van der Waals surface area contributed by atoms with Crippen molar-refractivity contribution in [2.75, 3.05) is 7.11 Å². The Labute approximate surface area is 102 Å². The molecule has 1 unspecified atom stereocenters. The van der Waals surface area contributed by atoms with Crippen LogP contribution in [-0.4, -0.2) is 18.2 Å². The van der Waals surface area contributed by atoms with E-state index in [1.54, 1.807) is 0 Å². The first-order chi connectivity index (χ1) is 8.25. The van der Waals surface area contributed by atoms with Gasteiger partial charge in [-0.05, 0) is 24.1 Å². The molecule has 100 valence electrons. The van der Waals surface area contributed by atoms with Gasteiger partial charge in [0, 0.05) is 0 Å². The fourth-order valence-corrected chi connectivity index (χ4v) is 1.54. The number of aliphatic carboxylic acids is 1. The van der Waals surface area contributed by atoms with Gasteiger partial charge in [0.2, 0.25) is 0 Å². The molecule has 0 spiro atoms. The Bertz CT molecular complexity index is 441. The molecule has 0 heterocycles. The van der Waals surface area contributed by atoms with Crippen LogP contribution in [0.4, 0.5) is 13.2 Å². The van der Waals surface area contributed by atoms with E-state index in [-0.39, 0.29) is 17.7 Å². The van der Waals surface area contributed by atoms with Crippen molar-refractivity contribution in [2.45, 2.75) is 19.5 Å². The molecule has 1 atom stereocenters. The summed E-state index contributed by atoms with van der Waals surface area (Å²) in [5.74, 6) is -1.91. The highest BCUT2D eigenvalue weighted by molar-refractivity contribution is 5.70. The first kappa shape index (κ1) is 14.3. The Hall–Kier alpha value is -1.72. The monoisotopic (exact) mass is 262 g/mol. The quantitative estimate of drug-likeness (QED) is 0.907. The molecule has 18 heavy (non-hydrogen) atoms. The Kier molecular flexibility index (Phi) is 4.21. The molecule has 0 aliphatic carbocycles. The van der Waals surface area contributed by atoms with Crippen LogP contribution in [-0.2, 0) is 17.4 Å². The van der Waals surface area contributed by atoms with Gasteiger partial charge in [-0.2, -0.15) is 13.2 Å². The Morgan fingerprint density at radius 3 is 2.50 bits per heavy atom. The summed E-state index contributed by atoms with van der Waals surface area (Å²) in [4.78, 5) is 10.7. The number of carboxylic acid groups (broad SMARTS) is 1. The molecule has 0 aromatic heterocycles. The standard InChI is InChI=1S/C12H13F3O3/c1-7(11(16)17)5-8-3-4-9(18-2)6-10(8)12(13,14)15/h3-4,6-7H,5H2,1-2H3,(H,16,17). The highest BCUT2D eigenvalue weighted by Crippen LogP contribution is 2.35. The first-order valence-corrected chi connectivity index (χ1v) is 5.22. The molecule has 0 radical (unpaired) electrons. The fourth-order valence-electron chi connectivity index (χ4n) is 1.54. The maximum atomic E-state index is 12.8. The lowest BCUT2D eigenvalue weighted by atomic mass is 9.96. The van der Waals surface area contributed by atoms with E-state index in [2.05, 4.69) is 0 Å². The maximum Gasteiger partial charge on any atom is 0.416 e. The molecule has 6 heteroatoms. The van der Waals surface area contributed by atoms with Crippen LogP contribution >= 0.6 is 0 Å². The predicted octanol–water partition coefficient (Wildman–Crippen LogP) is 2.98. The van der Waals surface area contributed by atoms with Crippen molar-refractivity contribution < 1.29 is 27.8 Å². The summed E-state index contributed by atoms with van der Waals surface area (Å²) in [5, 5.41) is 8.73. The molecule has 1 N–H and O–H groups in total. The van der Waals surface area contributed by atoms with Crippen LogP contribution < -0.4 is 4.74 Å². The van der Waals surface area contributed by atoms with E-state index in [1.165, 1.54) is 26.2 Å². The number of hydrogen-bond acceptors (Lipinski definition) is 2. The second-order valence-corrected chi connectivity index (χ2v) is 3.96. The van der Waals surface area contributed by atoms with Gasteiger partial charge in [0.05, 0.1) is 18.6 Å². The average Bonchev–Trinajstić information content (AvgIpc) is 2.27. The molecule has 0 amide bonds. The third-order valence-corrected chi connectivity index (χ3v) is 2.57. The minimum absolute atomic E-state index is 0.0433. The van der Waals surface area contributed by atoms with Gasteiger partial charge >= 0.3 is 12.1 Å². The molecule has 0 fully saturated rings. The van der Waals surface area contributed by atoms with E-state index < -0.39 is 23.6 Å². The number of alkyl halides is 3. The molecule has 0 bridgehead atoms. The molecular formula is C12H13F3O3. The van der Waals surface area contributed by atoms with Crippen molar-refractivity contribution in [1.82, 2.24) is 0 Å². The summed E-state index contributed by atoms with van der Waals surface area (Å²) in [6.45, 7) is 1.37. The van der Waals surface area contributed by atoms with Crippen molar-refractivity contribution in [3.63, 3.8) is 0 Å². The molecule has 0 saturated carbocycles. The fraction of sp³-hybridized carbons (Fsp3) is 0.417. The largest absolute Gasteiger partial charge is 0.497 e. The molecule has 0 aliphatic heterocycles. The molecule has 1 aromatic carbocycles. The van der Waals surface area contributed by atoms with Crippen LogP contribution in [0.15, 0.2) is 18.2 Å². The smallest absolute Gasteiger partial charge is 0.416 e. The van der Waals surface area contributed by atoms with Crippen molar-refractivity contribution in [3.05, 3.63) is 29.3 Å². The number of hydrogen-bond donors (Lipinski definition) is 1. The summed E-state index contributed by atoms with van der Waals surface area (Å²) < 4.78 is 43.2. The summed E-state index contributed by atoms with van der Waals surface area (Å²) in [7, 11) is 1.27. The highest BCUT2D eigenvalue weighted by atomic mass is 19.4. The van der Waals surface area contributed by atoms with E-state index in [1.807, 2.05) is 0 Å². The Morgan fingerprint density at radius 2 is 2.06 bits per heavy atom. The average molecular weight is 262 g/mol. The summed E-state index contributed by atoms with van der Waals surface area (Å²) in [6.07, 6.45) is -4.70. The summed E-state index contributed by atoms with van der Waals surface area (Å²) in [5.41, 5.74) is -0.895. The molecular weight excluding hydrogens is 249 g/mol. The Morgan fingerprint density at radius 1 is 1.44 bits per heavy atom. The summed E-state index contributed by atoms with van der Waals surface area (Å²) >= 11 is 0. The lowest BCUT2D eigenvalue weighted by molar-refractivity contribution is -0.142. The normalized spacial score (nSPS) is 13.2. The summed E-state index contributed by atoms with van der Waals surface area (Å²) in [6, 6.07) is 3.52.